The first kappa shape index (κ1) is 14.1. The predicted molar refractivity (Wildman–Crippen MR) is 92.8 cm³/mol. The number of nitrogens with zero attached hydrogens (tertiary/aromatic N) is 3. The Kier molecular flexibility index (Phi) is 3.51. The molecule has 116 valence electrons. The summed E-state index contributed by atoms with van der Waals surface area (Å²) in [7, 11) is 0. The molecular weight excluding hydrogens is 300 g/mol. The van der Waals surface area contributed by atoms with Crippen LogP contribution in [0.25, 0.3) is 16.9 Å². The third-order valence-corrected chi connectivity index (χ3v) is 3.73. The van der Waals surface area contributed by atoms with Crippen molar-refractivity contribution in [3.8, 4) is 11.3 Å². The van der Waals surface area contributed by atoms with Crippen LogP contribution in [0.3, 0.4) is 0 Å². The van der Waals surface area contributed by atoms with Crippen LogP contribution in [0.2, 0.25) is 0 Å². The van der Waals surface area contributed by atoms with E-state index >= 15 is 0 Å². The van der Waals surface area contributed by atoms with E-state index in [1.54, 1.807) is 24.5 Å². The Morgan fingerprint density at radius 2 is 1.79 bits per heavy atom. The van der Waals surface area contributed by atoms with E-state index in [1.165, 1.54) is 0 Å². The Morgan fingerprint density at radius 1 is 0.958 bits per heavy atom. The molecule has 3 aromatic heterocycles. The first-order chi connectivity index (χ1) is 11.8. The van der Waals surface area contributed by atoms with Crippen LogP contribution in [0.15, 0.2) is 79.3 Å². The molecule has 1 N–H and O–H groups in total. The molecule has 0 atom stereocenters. The van der Waals surface area contributed by atoms with Crippen LogP contribution in [-0.2, 0) is 0 Å². The van der Waals surface area contributed by atoms with E-state index in [9.17, 15) is 4.79 Å². The molecule has 4 aromatic rings. The second kappa shape index (κ2) is 5.96. The van der Waals surface area contributed by atoms with Crippen LogP contribution in [-0.4, -0.2) is 20.3 Å². The van der Waals surface area contributed by atoms with Crippen molar-refractivity contribution in [1.29, 1.82) is 0 Å². The van der Waals surface area contributed by atoms with Gasteiger partial charge in [-0.1, -0.05) is 36.4 Å². The molecule has 0 saturated heterocycles. The summed E-state index contributed by atoms with van der Waals surface area (Å²) >= 11 is 0. The van der Waals surface area contributed by atoms with Gasteiger partial charge in [0.25, 0.3) is 5.91 Å². The molecule has 0 saturated carbocycles. The van der Waals surface area contributed by atoms with Crippen molar-refractivity contribution < 1.29 is 4.79 Å². The van der Waals surface area contributed by atoms with Gasteiger partial charge in [0.15, 0.2) is 0 Å². The van der Waals surface area contributed by atoms with Gasteiger partial charge in [-0.25, -0.2) is 4.98 Å². The van der Waals surface area contributed by atoms with Crippen molar-refractivity contribution in [2.75, 3.05) is 5.32 Å². The van der Waals surface area contributed by atoms with Gasteiger partial charge in [-0.05, 0) is 24.3 Å². The normalized spacial score (nSPS) is 10.7. The summed E-state index contributed by atoms with van der Waals surface area (Å²) in [5.41, 5.74) is 2.96. The Hall–Kier alpha value is -3.47. The van der Waals surface area contributed by atoms with E-state index in [0.29, 0.717) is 11.4 Å². The summed E-state index contributed by atoms with van der Waals surface area (Å²) in [4.78, 5) is 21.2. The monoisotopic (exact) mass is 314 g/mol. The Bertz CT molecular complexity index is 994. The fraction of sp³-hybridized carbons (Fsp3) is 0. The highest BCUT2D eigenvalue weighted by molar-refractivity contribution is 6.05. The topological polar surface area (TPSA) is 59.3 Å². The largest absolute Gasteiger partial charge is 0.306 e. The number of hydrogen-bond acceptors (Lipinski definition) is 3. The molecule has 5 heteroatoms. The number of benzene rings is 1. The maximum atomic E-state index is 12.5. The summed E-state index contributed by atoms with van der Waals surface area (Å²) in [5, 5.41) is 2.97. The Morgan fingerprint density at radius 3 is 2.58 bits per heavy atom. The van der Waals surface area contributed by atoms with Gasteiger partial charge in [0, 0.05) is 24.2 Å². The first-order valence-corrected chi connectivity index (χ1v) is 7.57. The molecule has 0 radical (unpaired) electrons. The highest BCUT2D eigenvalue weighted by Crippen LogP contribution is 2.28. The number of amides is 1. The van der Waals surface area contributed by atoms with Crippen LogP contribution in [0, 0.1) is 0 Å². The molecule has 3 heterocycles. The summed E-state index contributed by atoms with van der Waals surface area (Å²) in [6.45, 7) is 0. The van der Waals surface area contributed by atoms with E-state index in [1.807, 2.05) is 59.1 Å². The number of aromatic nitrogens is 3. The zero-order valence-corrected chi connectivity index (χ0v) is 12.8. The number of fused-ring (bicyclic) bond motifs is 1. The van der Waals surface area contributed by atoms with Crippen molar-refractivity contribution in [2.24, 2.45) is 0 Å². The molecule has 1 amide bonds. The van der Waals surface area contributed by atoms with Crippen molar-refractivity contribution in [2.45, 2.75) is 0 Å². The van der Waals surface area contributed by atoms with E-state index in [4.69, 9.17) is 0 Å². The van der Waals surface area contributed by atoms with E-state index in [-0.39, 0.29) is 5.91 Å². The molecule has 5 nitrogen and oxygen atoms in total. The van der Waals surface area contributed by atoms with Crippen molar-refractivity contribution in [3.05, 3.63) is 84.8 Å². The number of pyridine rings is 2. The highest BCUT2D eigenvalue weighted by atomic mass is 16.1. The van der Waals surface area contributed by atoms with E-state index in [2.05, 4.69) is 15.3 Å². The zero-order valence-electron chi connectivity index (χ0n) is 12.8. The van der Waals surface area contributed by atoms with E-state index in [0.717, 1.165) is 16.9 Å². The van der Waals surface area contributed by atoms with Gasteiger partial charge in [0.2, 0.25) is 0 Å². The van der Waals surface area contributed by atoms with Gasteiger partial charge in [0.1, 0.15) is 17.2 Å². The molecule has 0 aliphatic carbocycles. The number of hydrogen-bond donors (Lipinski definition) is 1. The van der Waals surface area contributed by atoms with Gasteiger partial charge in [0.05, 0.1) is 5.56 Å². The third-order valence-electron chi connectivity index (χ3n) is 3.73. The second-order valence-electron chi connectivity index (χ2n) is 5.30. The molecule has 0 bridgehead atoms. The zero-order chi connectivity index (χ0) is 16.4. The van der Waals surface area contributed by atoms with Crippen molar-refractivity contribution >= 4 is 17.4 Å². The molecule has 24 heavy (non-hydrogen) atoms. The minimum atomic E-state index is -0.217. The number of imidazole rings is 1. The van der Waals surface area contributed by atoms with Crippen molar-refractivity contribution in [1.82, 2.24) is 14.4 Å². The quantitative estimate of drug-likeness (QED) is 0.628. The summed E-state index contributed by atoms with van der Waals surface area (Å²) < 4.78 is 1.87. The molecule has 0 spiro atoms. The average molecular weight is 314 g/mol. The number of nitrogens with one attached hydrogen (secondary N) is 1. The van der Waals surface area contributed by atoms with Crippen LogP contribution < -0.4 is 5.32 Å². The minimum Gasteiger partial charge on any atom is -0.306 e. The summed E-state index contributed by atoms with van der Waals surface area (Å²) in [6.07, 6.45) is 5.06. The third kappa shape index (κ3) is 2.52. The maximum Gasteiger partial charge on any atom is 0.258 e. The smallest absolute Gasteiger partial charge is 0.258 e. The van der Waals surface area contributed by atoms with Gasteiger partial charge >= 0.3 is 0 Å². The molecular formula is C19H14N4O. The Labute approximate surface area is 138 Å². The number of rotatable bonds is 3. The second-order valence-corrected chi connectivity index (χ2v) is 5.30. The lowest BCUT2D eigenvalue weighted by atomic mass is 10.1. The lowest BCUT2D eigenvalue weighted by Crippen LogP contribution is -2.14. The Balaban J connectivity index is 1.83. The number of carbonyl (C=O) groups excluding carboxylic acids is 1. The number of carbonyl (C=O) groups is 1. The van der Waals surface area contributed by atoms with Gasteiger partial charge < -0.3 is 5.32 Å². The van der Waals surface area contributed by atoms with Crippen molar-refractivity contribution in [3.63, 3.8) is 0 Å². The highest BCUT2D eigenvalue weighted by Gasteiger charge is 2.16. The predicted octanol–water partition coefficient (Wildman–Crippen LogP) is 3.65. The molecule has 4 rings (SSSR count). The molecule has 0 aliphatic heterocycles. The molecule has 0 unspecified atom stereocenters. The standard InChI is InChI=1S/C19H14N4O/c24-19(15-9-6-11-20-13-15)22-18-17(14-7-2-1-3-8-14)21-16-10-4-5-12-23(16)18/h1-13H,(H,22,24). The SMILES string of the molecule is O=C(Nc1c(-c2ccccc2)nc2ccccn12)c1cccnc1. The van der Waals surface area contributed by atoms with Crippen LogP contribution in [0.1, 0.15) is 10.4 Å². The van der Waals surface area contributed by atoms with Crippen LogP contribution in [0.4, 0.5) is 5.82 Å². The summed E-state index contributed by atoms with van der Waals surface area (Å²) in [6, 6.07) is 19.0. The molecule has 0 fully saturated rings. The fourth-order valence-corrected chi connectivity index (χ4v) is 2.59. The summed E-state index contributed by atoms with van der Waals surface area (Å²) in [5.74, 6) is 0.427. The van der Waals surface area contributed by atoms with Crippen LogP contribution in [0.5, 0.6) is 0 Å². The average Bonchev–Trinajstić information content (AvgIpc) is 3.02. The lowest BCUT2D eigenvalue weighted by molar-refractivity contribution is 0.102. The van der Waals surface area contributed by atoms with Crippen LogP contribution >= 0.6 is 0 Å². The minimum absolute atomic E-state index is 0.217. The van der Waals surface area contributed by atoms with E-state index < -0.39 is 0 Å². The lowest BCUT2D eigenvalue weighted by Gasteiger charge is -2.07. The number of anilines is 1. The van der Waals surface area contributed by atoms with Gasteiger partial charge in [-0.2, -0.15) is 0 Å². The first-order valence-electron chi connectivity index (χ1n) is 7.57. The molecule has 1 aromatic carbocycles. The van der Waals surface area contributed by atoms with Gasteiger partial charge in [-0.15, -0.1) is 0 Å². The fourth-order valence-electron chi connectivity index (χ4n) is 2.59. The van der Waals surface area contributed by atoms with Gasteiger partial charge in [-0.3, -0.25) is 14.2 Å². The molecule has 0 aliphatic rings. The maximum absolute atomic E-state index is 12.5.